The molecule has 1 saturated heterocycles. The molecule has 0 saturated carbocycles. The van der Waals surface area contributed by atoms with Crippen LogP contribution in [0.25, 0.3) is 0 Å². The van der Waals surface area contributed by atoms with Crippen LogP contribution in [0, 0.1) is 0 Å². The van der Waals surface area contributed by atoms with Crippen LogP contribution < -0.4 is 16.2 Å². The lowest BCUT2D eigenvalue weighted by Gasteiger charge is -2.32. The molecule has 1 fully saturated rings. The van der Waals surface area contributed by atoms with Crippen LogP contribution in [0.2, 0.25) is 0 Å². The summed E-state index contributed by atoms with van der Waals surface area (Å²) in [6.45, 7) is 4.83. The molecule has 0 spiro atoms. The van der Waals surface area contributed by atoms with Crippen molar-refractivity contribution in [3.05, 3.63) is 18.2 Å². The van der Waals surface area contributed by atoms with Gasteiger partial charge in [0, 0.05) is 19.7 Å². The summed E-state index contributed by atoms with van der Waals surface area (Å²) in [6.07, 6.45) is 2.54. The highest BCUT2D eigenvalue weighted by Gasteiger charge is 2.20. The van der Waals surface area contributed by atoms with Crippen molar-refractivity contribution in [3.63, 3.8) is 0 Å². The summed E-state index contributed by atoms with van der Waals surface area (Å²) in [5, 5.41) is 0. The van der Waals surface area contributed by atoms with E-state index in [1.807, 2.05) is 25.1 Å². The van der Waals surface area contributed by atoms with Crippen LogP contribution in [0.3, 0.4) is 0 Å². The molecular weight excluding hydrogens is 216 g/mol. The molecule has 0 radical (unpaired) electrons. The highest BCUT2D eigenvalue weighted by molar-refractivity contribution is 5.46. The van der Waals surface area contributed by atoms with Crippen LogP contribution in [0.1, 0.15) is 19.8 Å². The maximum absolute atomic E-state index is 5.63. The second-order valence-electron chi connectivity index (χ2n) is 4.17. The Hall–Kier alpha value is -1.33. The van der Waals surface area contributed by atoms with Crippen molar-refractivity contribution in [1.82, 2.24) is 4.98 Å². The molecule has 1 aliphatic heterocycles. The summed E-state index contributed by atoms with van der Waals surface area (Å²) in [5.74, 6) is 7.04. The Bertz CT molecular complexity index is 350. The van der Waals surface area contributed by atoms with E-state index in [-0.39, 0.29) is 0 Å². The molecule has 0 aliphatic carbocycles. The Morgan fingerprint density at radius 1 is 1.47 bits per heavy atom. The molecule has 1 aromatic rings. The van der Waals surface area contributed by atoms with E-state index in [1.54, 1.807) is 0 Å². The maximum atomic E-state index is 5.63. The summed E-state index contributed by atoms with van der Waals surface area (Å²) < 4.78 is 5.63. The molecule has 5 nitrogen and oxygen atoms in total. The van der Waals surface area contributed by atoms with Crippen molar-refractivity contribution in [2.75, 3.05) is 30.0 Å². The summed E-state index contributed by atoms with van der Waals surface area (Å²) in [6, 6.07) is 5.84. The Balaban J connectivity index is 1.95. The summed E-state index contributed by atoms with van der Waals surface area (Å²) >= 11 is 0. The van der Waals surface area contributed by atoms with E-state index in [0.29, 0.717) is 11.9 Å². The van der Waals surface area contributed by atoms with Gasteiger partial charge in [-0.05, 0) is 31.9 Å². The van der Waals surface area contributed by atoms with E-state index < -0.39 is 0 Å². The number of piperidine rings is 1. The van der Waals surface area contributed by atoms with E-state index in [2.05, 4.69) is 15.3 Å². The number of nitrogen functional groups attached to an aromatic ring is 1. The van der Waals surface area contributed by atoms with Crippen LogP contribution in [0.15, 0.2) is 18.2 Å². The fourth-order valence-electron chi connectivity index (χ4n) is 2.17. The van der Waals surface area contributed by atoms with E-state index in [0.717, 1.165) is 38.4 Å². The van der Waals surface area contributed by atoms with E-state index >= 15 is 0 Å². The third-order valence-electron chi connectivity index (χ3n) is 3.05. The number of rotatable bonds is 4. The largest absolute Gasteiger partial charge is 0.378 e. The second-order valence-corrected chi connectivity index (χ2v) is 4.17. The lowest BCUT2D eigenvalue weighted by Crippen LogP contribution is -2.37. The number of aromatic nitrogens is 1. The third-order valence-corrected chi connectivity index (χ3v) is 3.05. The van der Waals surface area contributed by atoms with Crippen molar-refractivity contribution in [3.8, 4) is 0 Å². The minimum absolute atomic E-state index is 0.409. The van der Waals surface area contributed by atoms with Gasteiger partial charge in [0.05, 0.1) is 6.10 Å². The maximum Gasteiger partial charge on any atom is 0.142 e. The molecule has 2 heterocycles. The second kappa shape index (κ2) is 5.84. The lowest BCUT2D eigenvalue weighted by atomic mass is 10.1. The lowest BCUT2D eigenvalue weighted by molar-refractivity contribution is 0.0458. The monoisotopic (exact) mass is 236 g/mol. The smallest absolute Gasteiger partial charge is 0.142 e. The molecule has 0 aromatic carbocycles. The average Bonchev–Trinajstić information content (AvgIpc) is 2.40. The van der Waals surface area contributed by atoms with Crippen molar-refractivity contribution < 1.29 is 4.74 Å². The number of hydrazine groups is 1. The van der Waals surface area contributed by atoms with Gasteiger partial charge in [-0.2, -0.15) is 0 Å². The molecule has 1 aliphatic rings. The van der Waals surface area contributed by atoms with E-state index in [4.69, 9.17) is 10.6 Å². The van der Waals surface area contributed by atoms with Crippen molar-refractivity contribution in [2.45, 2.75) is 25.9 Å². The Morgan fingerprint density at radius 2 is 2.24 bits per heavy atom. The number of ether oxygens (including phenoxy) is 1. The highest BCUT2D eigenvalue weighted by atomic mass is 16.5. The fourth-order valence-corrected chi connectivity index (χ4v) is 2.17. The quantitative estimate of drug-likeness (QED) is 0.610. The first kappa shape index (κ1) is 12.1. The van der Waals surface area contributed by atoms with Crippen molar-refractivity contribution >= 4 is 11.6 Å². The molecule has 0 bridgehead atoms. The third kappa shape index (κ3) is 3.08. The molecule has 3 N–H and O–H groups in total. The van der Waals surface area contributed by atoms with Crippen molar-refractivity contribution in [2.24, 2.45) is 5.84 Å². The van der Waals surface area contributed by atoms with Crippen LogP contribution in [0.4, 0.5) is 11.6 Å². The van der Waals surface area contributed by atoms with Gasteiger partial charge in [0.1, 0.15) is 11.6 Å². The highest BCUT2D eigenvalue weighted by Crippen LogP contribution is 2.20. The fraction of sp³-hybridized carbons (Fsp3) is 0.583. The average molecular weight is 236 g/mol. The van der Waals surface area contributed by atoms with Gasteiger partial charge >= 0.3 is 0 Å². The van der Waals surface area contributed by atoms with Gasteiger partial charge in [-0.1, -0.05) is 6.07 Å². The molecule has 17 heavy (non-hydrogen) atoms. The van der Waals surface area contributed by atoms with E-state index in [1.165, 1.54) is 0 Å². The molecule has 0 unspecified atom stereocenters. The summed E-state index contributed by atoms with van der Waals surface area (Å²) in [4.78, 5) is 6.71. The zero-order chi connectivity index (χ0) is 12.1. The topological polar surface area (TPSA) is 63.4 Å². The van der Waals surface area contributed by atoms with Gasteiger partial charge in [0.25, 0.3) is 0 Å². The normalized spacial score (nSPS) is 17.2. The Morgan fingerprint density at radius 3 is 2.88 bits per heavy atom. The first-order valence-electron chi connectivity index (χ1n) is 6.13. The minimum atomic E-state index is 0.409. The molecule has 0 amide bonds. The zero-order valence-electron chi connectivity index (χ0n) is 10.2. The van der Waals surface area contributed by atoms with Gasteiger partial charge in [-0.25, -0.2) is 10.8 Å². The van der Waals surface area contributed by atoms with Crippen LogP contribution in [-0.2, 0) is 4.74 Å². The first-order chi connectivity index (χ1) is 8.33. The molecule has 2 rings (SSSR count). The number of nitrogens with zero attached hydrogens (tertiary/aromatic N) is 2. The van der Waals surface area contributed by atoms with Gasteiger partial charge in [-0.15, -0.1) is 0 Å². The number of nitrogens with two attached hydrogens (primary N) is 1. The number of hydrogen-bond acceptors (Lipinski definition) is 5. The van der Waals surface area contributed by atoms with Gasteiger partial charge in [0.15, 0.2) is 0 Å². The minimum Gasteiger partial charge on any atom is -0.378 e. The molecular formula is C12H20N4O. The van der Waals surface area contributed by atoms with Crippen LogP contribution in [0.5, 0.6) is 0 Å². The number of anilines is 2. The standard InChI is InChI=1S/C12H20N4O/c1-2-17-10-6-8-16(9-7-10)12-5-3-4-11(14-12)15-13/h3-5,10H,2,6-9,13H2,1H3,(H,14,15). The molecule has 94 valence electrons. The summed E-state index contributed by atoms with van der Waals surface area (Å²) in [7, 11) is 0. The number of nitrogens with one attached hydrogen (secondary N) is 1. The molecule has 0 atom stereocenters. The molecule has 1 aromatic heterocycles. The predicted molar refractivity (Wildman–Crippen MR) is 68.9 cm³/mol. The number of hydrogen-bond donors (Lipinski definition) is 2. The van der Waals surface area contributed by atoms with Crippen LogP contribution in [-0.4, -0.2) is 30.8 Å². The van der Waals surface area contributed by atoms with E-state index in [9.17, 15) is 0 Å². The van der Waals surface area contributed by atoms with Crippen LogP contribution >= 0.6 is 0 Å². The Kier molecular flexibility index (Phi) is 4.17. The van der Waals surface area contributed by atoms with Gasteiger partial charge in [0.2, 0.25) is 0 Å². The zero-order valence-corrected chi connectivity index (χ0v) is 10.2. The Labute approximate surface area is 102 Å². The number of pyridine rings is 1. The van der Waals surface area contributed by atoms with Gasteiger partial charge < -0.3 is 15.1 Å². The summed E-state index contributed by atoms with van der Waals surface area (Å²) in [5.41, 5.74) is 2.57. The van der Waals surface area contributed by atoms with Gasteiger partial charge in [-0.3, -0.25) is 0 Å². The predicted octanol–water partition coefficient (Wildman–Crippen LogP) is 1.37. The van der Waals surface area contributed by atoms with Crippen molar-refractivity contribution in [1.29, 1.82) is 0 Å². The molecule has 5 heteroatoms. The SMILES string of the molecule is CCOC1CCN(c2cccc(NN)n2)CC1. The first-order valence-corrected chi connectivity index (χ1v) is 6.13.